The summed E-state index contributed by atoms with van der Waals surface area (Å²) in [6.07, 6.45) is -1.67. The van der Waals surface area contributed by atoms with Crippen LogP contribution in [0.1, 0.15) is 0 Å². The van der Waals surface area contributed by atoms with Crippen LogP contribution in [0.25, 0.3) is 0 Å². The summed E-state index contributed by atoms with van der Waals surface area (Å²) in [5, 5.41) is 0. The number of carbonyl (C=O) groups is 3. The van der Waals surface area contributed by atoms with E-state index < -0.39 is 31.3 Å². The minimum Gasteiger partial charge on any atom is -0.448 e. The van der Waals surface area contributed by atoms with Crippen LogP contribution < -0.4 is 51.4 Å². The first-order valence-corrected chi connectivity index (χ1v) is 3.58. The third-order valence-corrected chi connectivity index (χ3v) is 1.64. The minimum atomic E-state index is -5.31. The zero-order valence-electron chi connectivity index (χ0n) is 8.04. The molecule has 0 aromatic rings. The van der Waals surface area contributed by atoms with Crippen LogP contribution in [0.4, 0.5) is 17.7 Å². The zero-order valence-corrected chi connectivity index (χ0v) is 11.2. The maximum Gasteiger partial charge on any atom is 1.00 e. The first-order valence-electron chi connectivity index (χ1n) is 3.58. The van der Waals surface area contributed by atoms with Crippen molar-refractivity contribution < 1.29 is 78.7 Å². The van der Waals surface area contributed by atoms with Crippen molar-refractivity contribution in [2.75, 3.05) is 13.5 Å². The summed E-state index contributed by atoms with van der Waals surface area (Å²) in [5.41, 5.74) is 0. The summed E-state index contributed by atoms with van der Waals surface area (Å²) < 4.78 is 35.7. The van der Waals surface area contributed by atoms with Crippen molar-refractivity contribution in [3.63, 3.8) is 0 Å². The Hall–Kier alpha value is 0.101. The first-order chi connectivity index (χ1) is 6.24. The molecule has 10 heteroatoms. The van der Waals surface area contributed by atoms with Crippen LogP contribution in [0.2, 0.25) is 0 Å². The van der Waals surface area contributed by atoms with Crippen molar-refractivity contribution in [3.8, 4) is 0 Å². The number of halogens is 3. The van der Waals surface area contributed by atoms with Crippen molar-refractivity contribution in [2.24, 2.45) is 0 Å². The summed E-state index contributed by atoms with van der Waals surface area (Å²) in [5.74, 6) is -2.67. The van der Waals surface area contributed by atoms with Crippen molar-refractivity contribution >= 4 is 24.8 Å². The zero-order chi connectivity index (χ0) is 11.1. The normalized spacial score (nSPS) is 17.2. The summed E-state index contributed by atoms with van der Waals surface area (Å²) in [4.78, 5) is 32.8. The largest absolute Gasteiger partial charge is 1.00 e. The summed E-state index contributed by atoms with van der Waals surface area (Å²) in [6, 6.07) is -1.24. The van der Waals surface area contributed by atoms with Gasteiger partial charge in [0.15, 0.2) is 0 Å². The molecular formula is C5H5BF3KN2O3. The second-order valence-corrected chi connectivity index (χ2v) is 2.77. The Labute approximate surface area is 125 Å². The topological polar surface area (TPSA) is 57.7 Å². The van der Waals surface area contributed by atoms with Gasteiger partial charge in [-0.2, -0.15) is 0 Å². The Morgan fingerprint density at radius 1 is 1.13 bits per heavy atom. The molecule has 0 N–H and O–H groups in total. The van der Waals surface area contributed by atoms with E-state index in [1.165, 1.54) is 0 Å². The molecule has 0 radical (unpaired) electrons. The Kier molecular flexibility index (Phi) is 4.99. The van der Waals surface area contributed by atoms with E-state index in [0.29, 0.717) is 4.90 Å². The van der Waals surface area contributed by atoms with Gasteiger partial charge in [0.2, 0.25) is 0 Å². The molecule has 1 fully saturated rings. The van der Waals surface area contributed by atoms with Crippen molar-refractivity contribution in [3.05, 3.63) is 0 Å². The van der Waals surface area contributed by atoms with E-state index in [1.54, 1.807) is 0 Å². The Morgan fingerprint density at radius 3 is 1.87 bits per heavy atom. The number of imide groups is 2. The molecule has 0 aromatic heterocycles. The standard InChI is InChI=1S/C5H5BF3N2O3.K/c1-10-3(12)4(13)11(5(10)14)2-6(7,8)9;/h2H2,1H3;/q-1;+1. The molecule has 0 bridgehead atoms. The van der Waals surface area contributed by atoms with Crippen LogP contribution in [0.5, 0.6) is 0 Å². The molecular weight excluding hydrogens is 243 g/mol. The molecule has 1 heterocycles. The first kappa shape index (κ1) is 15.1. The third kappa shape index (κ3) is 3.28. The molecule has 1 aliphatic heterocycles. The SMILES string of the molecule is CN1C(=O)C(=O)N(C[B-](F)(F)F)C1=O.[K+]. The average molecular weight is 248 g/mol. The maximum atomic E-state index is 11.9. The molecule has 0 unspecified atom stereocenters. The predicted octanol–water partition coefficient (Wildman–Crippen LogP) is -3.20. The van der Waals surface area contributed by atoms with E-state index in [9.17, 15) is 27.3 Å². The van der Waals surface area contributed by atoms with Gasteiger partial charge in [0.1, 0.15) is 0 Å². The maximum absolute atomic E-state index is 11.9. The Balaban J connectivity index is 0.00000196. The second-order valence-electron chi connectivity index (χ2n) is 2.77. The monoisotopic (exact) mass is 248 g/mol. The van der Waals surface area contributed by atoms with Gasteiger partial charge in [0.25, 0.3) is 0 Å². The Morgan fingerprint density at radius 2 is 1.60 bits per heavy atom. The fourth-order valence-corrected chi connectivity index (χ4v) is 0.982. The molecule has 15 heavy (non-hydrogen) atoms. The van der Waals surface area contributed by atoms with Gasteiger partial charge in [-0.25, -0.2) is 4.79 Å². The van der Waals surface area contributed by atoms with E-state index in [-0.39, 0.29) is 56.3 Å². The van der Waals surface area contributed by atoms with Crippen molar-refractivity contribution in [1.82, 2.24) is 9.80 Å². The Bertz CT molecular complexity index is 321. The van der Waals surface area contributed by atoms with E-state index in [0.717, 1.165) is 7.05 Å². The van der Waals surface area contributed by atoms with E-state index >= 15 is 0 Å². The third-order valence-electron chi connectivity index (χ3n) is 1.64. The van der Waals surface area contributed by atoms with Crippen LogP contribution in [0.3, 0.4) is 0 Å². The number of amides is 4. The van der Waals surface area contributed by atoms with E-state index in [1.807, 2.05) is 0 Å². The van der Waals surface area contributed by atoms with Gasteiger partial charge in [0.05, 0.1) is 0 Å². The van der Waals surface area contributed by atoms with E-state index in [2.05, 4.69) is 0 Å². The minimum absolute atomic E-state index is 0. The molecule has 1 saturated heterocycles. The summed E-state index contributed by atoms with van der Waals surface area (Å²) in [6.45, 7) is -5.31. The number of rotatable bonds is 2. The second kappa shape index (κ2) is 4.96. The number of nitrogens with zero attached hydrogens (tertiary/aromatic N) is 2. The fourth-order valence-electron chi connectivity index (χ4n) is 0.982. The van der Waals surface area contributed by atoms with Gasteiger partial charge in [-0.3, -0.25) is 19.4 Å². The van der Waals surface area contributed by atoms with Gasteiger partial charge in [-0.05, 0) is 0 Å². The molecule has 0 atom stereocenters. The van der Waals surface area contributed by atoms with E-state index in [4.69, 9.17) is 0 Å². The molecule has 1 rings (SSSR count). The molecule has 78 valence electrons. The number of urea groups is 1. The van der Waals surface area contributed by atoms with Gasteiger partial charge in [-0.1, -0.05) is 0 Å². The molecule has 1 aliphatic rings. The van der Waals surface area contributed by atoms with Gasteiger partial charge < -0.3 is 12.9 Å². The number of hydrogen-bond donors (Lipinski definition) is 0. The molecule has 0 spiro atoms. The van der Waals surface area contributed by atoms with Gasteiger partial charge in [0, 0.05) is 13.5 Å². The average Bonchev–Trinajstić information content (AvgIpc) is 2.20. The molecule has 0 saturated carbocycles. The molecule has 5 nitrogen and oxygen atoms in total. The predicted molar refractivity (Wildman–Crippen MR) is 39.0 cm³/mol. The number of carbonyl (C=O) groups excluding carboxylic acids is 3. The molecule has 4 amide bonds. The van der Waals surface area contributed by atoms with Gasteiger partial charge in [-0.15, -0.1) is 0 Å². The number of likely N-dealkylation sites (N-methyl/N-ethyl adjacent to an activating group) is 1. The molecule has 0 aliphatic carbocycles. The van der Waals surface area contributed by atoms with Crippen LogP contribution in [-0.2, 0) is 9.59 Å². The quantitative estimate of drug-likeness (QED) is 0.294. The van der Waals surface area contributed by atoms with Crippen LogP contribution >= 0.6 is 0 Å². The number of hydrogen-bond acceptors (Lipinski definition) is 3. The fraction of sp³-hybridized carbons (Fsp3) is 0.400. The smallest absolute Gasteiger partial charge is 0.448 e. The van der Waals surface area contributed by atoms with Crippen molar-refractivity contribution in [2.45, 2.75) is 0 Å². The van der Waals surface area contributed by atoms with Gasteiger partial charge >= 0.3 is 76.2 Å². The van der Waals surface area contributed by atoms with Crippen LogP contribution in [-0.4, -0.2) is 48.1 Å². The summed E-state index contributed by atoms with van der Waals surface area (Å²) >= 11 is 0. The molecule has 0 aromatic carbocycles. The summed E-state index contributed by atoms with van der Waals surface area (Å²) in [7, 11) is 0.950. The van der Waals surface area contributed by atoms with Crippen LogP contribution in [0, 0.1) is 0 Å². The van der Waals surface area contributed by atoms with Crippen LogP contribution in [0.15, 0.2) is 0 Å². The van der Waals surface area contributed by atoms with Crippen molar-refractivity contribution in [1.29, 1.82) is 0 Å².